The van der Waals surface area contributed by atoms with Gasteiger partial charge < -0.3 is 14.8 Å². The predicted octanol–water partition coefficient (Wildman–Crippen LogP) is 2.64. The van der Waals surface area contributed by atoms with Gasteiger partial charge in [0.1, 0.15) is 0 Å². The van der Waals surface area contributed by atoms with Gasteiger partial charge >= 0.3 is 0 Å². The van der Waals surface area contributed by atoms with Crippen molar-refractivity contribution in [2.75, 3.05) is 12.1 Å². The van der Waals surface area contributed by atoms with Gasteiger partial charge in [-0.1, -0.05) is 0 Å². The van der Waals surface area contributed by atoms with E-state index in [-0.39, 0.29) is 23.7 Å². The molecular formula is C20H23N5O3. The van der Waals surface area contributed by atoms with Gasteiger partial charge in [0.2, 0.25) is 12.7 Å². The number of carbonyl (C=O) groups is 1. The van der Waals surface area contributed by atoms with Gasteiger partial charge in [-0.2, -0.15) is 4.80 Å². The number of hydrogen-bond donors (Lipinski definition) is 1. The fourth-order valence-corrected chi connectivity index (χ4v) is 6.44. The van der Waals surface area contributed by atoms with E-state index in [2.05, 4.69) is 20.7 Å². The SMILES string of the molecule is Cc1nnn(C23C[C@@H]4C[C@@H](CC(C(=O)Nc5ccc6c(c5)OCO6)(C4)C2)C3)n1. The van der Waals surface area contributed by atoms with Crippen molar-refractivity contribution in [2.45, 2.75) is 51.0 Å². The highest BCUT2D eigenvalue weighted by molar-refractivity contribution is 5.96. The van der Waals surface area contributed by atoms with E-state index < -0.39 is 0 Å². The van der Waals surface area contributed by atoms with Crippen LogP contribution in [0.5, 0.6) is 11.5 Å². The van der Waals surface area contributed by atoms with E-state index >= 15 is 0 Å². The number of amides is 1. The highest BCUT2D eigenvalue weighted by Gasteiger charge is 2.62. The molecule has 0 radical (unpaired) electrons. The second kappa shape index (κ2) is 5.46. The number of nitrogens with one attached hydrogen (secondary N) is 1. The number of aryl methyl sites for hydroxylation is 1. The molecule has 4 fully saturated rings. The van der Waals surface area contributed by atoms with Crippen LogP contribution in [0.3, 0.4) is 0 Å². The molecule has 8 heteroatoms. The van der Waals surface area contributed by atoms with Gasteiger partial charge in [0, 0.05) is 11.8 Å². The molecule has 4 aliphatic carbocycles. The van der Waals surface area contributed by atoms with Gasteiger partial charge in [-0.3, -0.25) is 4.79 Å². The Hall–Kier alpha value is -2.64. The third-order valence-electron chi connectivity index (χ3n) is 7.08. The maximum absolute atomic E-state index is 13.5. The molecule has 2 unspecified atom stereocenters. The largest absolute Gasteiger partial charge is 0.454 e. The zero-order chi connectivity index (χ0) is 18.9. The van der Waals surface area contributed by atoms with Gasteiger partial charge in [0.15, 0.2) is 17.3 Å². The molecule has 8 nitrogen and oxygen atoms in total. The Balaban J connectivity index is 1.31. The van der Waals surface area contributed by atoms with Crippen molar-refractivity contribution >= 4 is 11.6 Å². The lowest BCUT2D eigenvalue weighted by Gasteiger charge is -2.60. The molecule has 2 aromatic rings. The number of rotatable bonds is 3. The third kappa shape index (κ3) is 2.29. The van der Waals surface area contributed by atoms with E-state index in [0.717, 1.165) is 43.5 Å². The van der Waals surface area contributed by atoms with Crippen LogP contribution in [-0.2, 0) is 10.3 Å². The van der Waals surface area contributed by atoms with E-state index in [0.29, 0.717) is 23.4 Å². The fraction of sp³-hybridized carbons (Fsp3) is 0.600. The molecule has 1 aliphatic heterocycles. The van der Waals surface area contributed by atoms with Crippen LogP contribution < -0.4 is 14.8 Å². The number of tetrazole rings is 1. The molecule has 1 aromatic heterocycles. The molecule has 146 valence electrons. The number of ether oxygens (including phenoxy) is 2. The Morgan fingerprint density at radius 1 is 1.18 bits per heavy atom. The highest BCUT2D eigenvalue weighted by Crippen LogP contribution is 2.64. The molecule has 4 saturated carbocycles. The summed E-state index contributed by atoms with van der Waals surface area (Å²) >= 11 is 0. The molecule has 7 rings (SSSR count). The molecule has 0 spiro atoms. The first-order chi connectivity index (χ1) is 13.5. The summed E-state index contributed by atoms with van der Waals surface area (Å²) in [6.45, 7) is 2.10. The first-order valence-electron chi connectivity index (χ1n) is 10.0. The molecule has 0 saturated heterocycles. The predicted molar refractivity (Wildman–Crippen MR) is 98.8 cm³/mol. The summed E-state index contributed by atoms with van der Waals surface area (Å²) in [6, 6.07) is 5.57. The topological polar surface area (TPSA) is 91.2 Å². The van der Waals surface area contributed by atoms with Crippen LogP contribution in [-0.4, -0.2) is 32.9 Å². The lowest BCUT2D eigenvalue weighted by atomic mass is 9.46. The lowest BCUT2D eigenvalue weighted by molar-refractivity contribution is -0.152. The van der Waals surface area contributed by atoms with E-state index in [9.17, 15) is 4.79 Å². The number of nitrogens with zero attached hydrogens (tertiary/aromatic N) is 4. The van der Waals surface area contributed by atoms with Crippen molar-refractivity contribution in [2.24, 2.45) is 17.3 Å². The minimum absolute atomic E-state index is 0.113. The summed E-state index contributed by atoms with van der Waals surface area (Å²) in [7, 11) is 0. The first-order valence-corrected chi connectivity index (χ1v) is 10.0. The van der Waals surface area contributed by atoms with E-state index in [4.69, 9.17) is 9.47 Å². The smallest absolute Gasteiger partial charge is 0.231 e. The first kappa shape index (κ1) is 16.3. The molecule has 1 aromatic carbocycles. The van der Waals surface area contributed by atoms with E-state index in [1.807, 2.05) is 29.9 Å². The number of benzene rings is 1. The van der Waals surface area contributed by atoms with Crippen molar-refractivity contribution in [1.82, 2.24) is 20.2 Å². The number of carbonyl (C=O) groups excluding carboxylic acids is 1. The molecule has 1 amide bonds. The number of aromatic nitrogens is 4. The van der Waals surface area contributed by atoms with Gasteiger partial charge in [-0.15, -0.1) is 10.2 Å². The summed E-state index contributed by atoms with van der Waals surface area (Å²) in [5.74, 6) is 3.31. The number of hydrogen-bond acceptors (Lipinski definition) is 6. The van der Waals surface area contributed by atoms with Crippen LogP contribution >= 0.6 is 0 Å². The van der Waals surface area contributed by atoms with Crippen LogP contribution in [0.1, 0.15) is 44.3 Å². The Morgan fingerprint density at radius 3 is 2.71 bits per heavy atom. The number of fused-ring (bicyclic) bond motifs is 1. The summed E-state index contributed by atoms with van der Waals surface area (Å²) in [5.41, 5.74) is 0.230. The normalized spacial score (nSPS) is 34.6. The van der Waals surface area contributed by atoms with Crippen molar-refractivity contribution < 1.29 is 14.3 Å². The zero-order valence-corrected chi connectivity index (χ0v) is 15.9. The minimum atomic E-state index is -0.359. The molecular weight excluding hydrogens is 358 g/mol. The van der Waals surface area contributed by atoms with Crippen molar-refractivity contribution in [3.05, 3.63) is 24.0 Å². The fourth-order valence-electron chi connectivity index (χ4n) is 6.44. The highest BCUT2D eigenvalue weighted by atomic mass is 16.7. The average Bonchev–Trinajstić information content (AvgIpc) is 3.29. The second-order valence-electron chi connectivity index (χ2n) is 9.11. The van der Waals surface area contributed by atoms with Crippen LogP contribution in [0.15, 0.2) is 18.2 Å². The average molecular weight is 381 g/mol. The van der Waals surface area contributed by atoms with Gasteiger partial charge in [0.05, 0.1) is 11.0 Å². The maximum atomic E-state index is 13.5. The maximum Gasteiger partial charge on any atom is 0.231 e. The monoisotopic (exact) mass is 381 g/mol. The summed E-state index contributed by atoms with van der Waals surface area (Å²) in [6.07, 6.45) is 6.02. The Kier molecular flexibility index (Phi) is 3.18. The van der Waals surface area contributed by atoms with Crippen LogP contribution in [0.4, 0.5) is 5.69 Å². The van der Waals surface area contributed by atoms with Gasteiger partial charge in [0.25, 0.3) is 0 Å². The summed E-state index contributed by atoms with van der Waals surface area (Å²) in [5, 5.41) is 16.1. The minimum Gasteiger partial charge on any atom is -0.454 e. The van der Waals surface area contributed by atoms with E-state index in [1.54, 1.807) is 0 Å². The quantitative estimate of drug-likeness (QED) is 0.879. The standard InChI is InChI=1S/C20H23N5O3/c1-12-22-24-25(23-12)20-8-13-4-14(9-20)7-19(6-13,10-20)18(26)21-15-2-3-16-17(5-15)28-11-27-16/h2-3,5,13-14H,4,6-11H2,1H3,(H,21,26)/t13-,14+,19?,20?. The summed E-state index contributed by atoms with van der Waals surface area (Å²) < 4.78 is 10.8. The van der Waals surface area contributed by atoms with Crippen molar-refractivity contribution in [3.8, 4) is 11.5 Å². The van der Waals surface area contributed by atoms with Crippen molar-refractivity contribution in [1.29, 1.82) is 0 Å². The molecule has 28 heavy (non-hydrogen) atoms. The molecule has 4 atom stereocenters. The summed E-state index contributed by atoms with van der Waals surface area (Å²) in [4.78, 5) is 15.3. The Labute approximate surface area is 162 Å². The molecule has 2 heterocycles. The van der Waals surface area contributed by atoms with Gasteiger partial charge in [-0.25, -0.2) is 0 Å². The zero-order valence-electron chi connectivity index (χ0n) is 15.9. The Morgan fingerprint density at radius 2 is 1.96 bits per heavy atom. The Bertz CT molecular complexity index is 957. The lowest BCUT2D eigenvalue weighted by Crippen LogP contribution is -2.60. The second-order valence-corrected chi connectivity index (χ2v) is 9.11. The van der Waals surface area contributed by atoms with Crippen molar-refractivity contribution in [3.63, 3.8) is 0 Å². The van der Waals surface area contributed by atoms with Crippen LogP contribution in [0, 0.1) is 24.2 Å². The van der Waals surface area contributed by atoms with Crippen LogP contribution in [0.2, 0.25) is 0 Å². The molecule has 5 aliphatic rings. The molecule has 1 N–H and O–H groups in total. The third-order valence-corrected chi connectivity index (χ3v) is 7.08. The van der Waals surface area contributed by atoms with Crippen LogP contribution in [0.25, 0.3) is 0 Å². The number of anilines is 1. The molecule has 4 bridgehead atoms. The van der Waals surface area contributed by atoms with E-state index in [1.165, 1.54) is 6.42 Å². The van der Waals surface area contributed by atoms with Gasteiger partial charge in [-0.05, 0) is 74.6 Å².